The highest BCUT2D eigenvalue weighted by Gasteiger charge is 2.51. The summed E-state index contributed by atoms with van der Waals surface area (Å²) in [6.07, 6.45) is 7.66. The van der Waals surface area contributed by atoms with Crippen molar-refractivity contribution in [1.82, 2.24) is 25.2 Å². The zero-order valence-electron chi connectivity index (χ0n) is 17.1. The molecular formula is C22H26N6O2. The highest BCUT2D eigenvalue weighted by Crippen LogP contribution is 2.56. The van der Waals surface area contributed by atoms with Crippen LogP contribution in [0.3, 0.4) is 0 Å². The van der Waals surface area contributed by atoms with Crippen molar-refractivity contribution in [2.75, 3.05) is 11.9 Å². The summed E-state index contributed by atoms with van der Waals surface area (Å²) in [7, 11) is 0. The van der Waals surface area contributed by atoms with Gasteiger partial charge in [0, 0.05) is 5.54 Å². The van der Waals surface area contributed by atoms with Gasteiger partial charge in [-0.15, -0.1) is 5.10 Å². The molecule has 30 heavy (non-hydrogen) atoms. The topological polar surface area (TPSA) is 97.7 Å². The van der Waals surface area contributed by atoms with Crippen LogP contribution in [0.15, 0.2) is 29.1 Å². The summed E-state index contributed by atoms with van der Waals surface area (Å²) in [5.74, 6) is 3.82. The van der Waals surface area contributed by atoms with E-state index in [0.29, 0.717) is 29.1 Å². The van der Waals surface area contributed by atoms with Gasteiger partial charge in [0.25, 0.3) is 5.56 Å². The van der Waals surface area contributed by atoms with Gasteiger partial charge in [-0.2, -0.15) is 9.78 Å². The van der Waals surface area contributed by atoms with E-state index in [4.69, 9.17) is 4.74 Å². The van der Waals surface area contributed by atoms with Crippen molar-refractivity contribution in [3.05, 3.63) is 34.6 Å². The second-order valence-corrected chi connectivity index (χ2v) is 9.35. The lowest BCUT2D eigenvalue weighted by molar-refractivity contribution is 0.0106. The molecule has 4 saturated carbocycles. The van der Waals surface area contributed by atoms with Gasteiger partial charge in [0.1, 0.15) is 11.1 Å². The number of rotatable bonds is 5. The molecule has 2 N–H and O–H groups in total. The highest BCUT2D eigenvalue weighted by atomic mass is 16.5. The Balaban J connectivity index is 1.37. The molecule has 0 amide bonds. The molecule has 0 aliphatic heterocycles. The molecule has 0 spiro atoms. The van der Waals surface area contributed by atoms with E-state index in [2.05, 4.69) is 25.8 Å². The van der Waals surface area contributed by atoms with Crippen LogP contribution < -0.4 is 15.6 Å². The predicted octanol–water partition coefficient (Wildman–Crippen LogP) is 3.28. The summed E-state index contributed by atoms with van der Waals surface area (Å²) in [5.41, 5.74) is 0.927. The second kappa shape index (κ2) is 6.55. The van der Waals surface area contributed by atoms with Crippen molar-refractivity contribution in [1.29, 1.82) is 0 Å². The normalized spacial score (nSPS) is 29.4. The summed E-state index contributed by atoms with van der Waals surface area (Å²) in [6, 6.07) is 7.31. The zero-order valence-corrected chi connectivity index (χ0v) is 17.1. The monoisotopic (exact) mass is 406 g/mol. The molecule has 4 aliphatic carbocycles. The van der Waals surface area contributed by atoms with Crippen molar-refractivity contribution in [2.24, 2.45) is 17.8 Å². The number of hydrogen-bond donors (Lipinski definition) is 2. The molecule has 8 nitrogen and oxygen atoms in total. The molecule has 156 valence electrons. The van der Waals surface area contributed by atoms with Crippen LogP contribution in [-0.2, 0) is 0 Å². The van der Waals surface area contributed by atoms with Crippen LogP contribution in [0.25, 0.3) is 16.7 Å². The van der Waals surface area contributed by atoms with Gasteiger partial charge in [-0.05, 0) is 87.5 Å². The number of benzene rings is 1. The number of aromatic amines is 1. The third kappa shape index (κ3) is 2.80. The van der Waals surface area contributed by atoms with E-state index in [1.54, 1.807) is 0 Å². The summed E-state index contributed by atoms with van der Waals surface area (Å²) in [5, 5.41) is 19.8. The van der Waals surface area contributed by atoms with E-state index < -0.39 is 0 Å². The molecule has 2 heterocycles. The van der Waals surface area contributed by atoms with Crippen LogP contribution in [0, 0.1) is 17.8 Å². The first-order valence-electron chi connectivity index (χ1n) is 11.0. The Morgan fingerprint density at radius 2 is 1.80 bits per heavy atom. The Morgan fingerprint density at radius 3 is 2.43 bits per heavy atom. The van der Waals surface area contributed by atoms with Crippen LogP contribution in [0.1, 0.15) is 45.4 Å². The minimum absolute atomic E-state index is 0.0660. The third-order valence-electron chi connectivity index (χ3n) is 7.20. The van der Waals surface area contributed by atoms with E-state index in [1.165, 1.54) is 43.2 Å². The van der Waals surface area contributed by atoms with Crippen molar-refractivity contribution >= 4 is 16.9 Å². The van der Waals surface area contributed by atoms with E-state index in [-0.39, 0.29) is 11.1 Å². The van der Waals surface area contributed by atoms with Gasteiger partial charge in [-0.25, -0.2) is 0 Å². The number of hydrogen-bond acceptors (Lipinski definition) is 6. The van der Waals surface area contributed by atoms with Crippen molar-refractivity contribution in [3.63, 3.8) is 0 Å². The fraction of sp³-hybridized carbons (Fsp3) is 0.545. The fourth-order valence-electron chi connectivity index (χ4n) is 6.47. The first kappa shape index (κ1) is 17.9. The summed E-state index contributed by atoms with van der Waals surface area (Å²) >= 11 is 0. The Hall–Kier alpha value is -2.90. The van der Waals surface area contributed by atoms with Gasteiger partial charge in [0.2, 0.25) is 0 Å². The molecule has 0 atom stereocenters. The maximum atomic E-state index is 13.3. The number of fused-ring (bicyclic) bond motifs is 1. The molecule has 4 fully saturated rings. The van der Waals surface area contributed by atoms with Gasteiger partial charge in [0.05, 0.1) is 12.3 Å². The Kier molecular flexibility index (Phi) is 3.91. The predicted molar refractivity (Wildman–Crippen MR) is 113 cm³/mol. The molecule has 0 unspecified atom stereocenters. The summed E-state index contributed by atoms with van der Waals surface area (Å²) in [6.45, 7) is 2.54. The molecule has 4 bridgehead atoms. The smallest absolute Gasteiger partial charge is 0.287 e. The van der Waals surface area contributed by atoms with Crippen LogP contribution >= 0.6 is 0 Å². The van der Waals surface area contributed by atoms with Crippen molar-refractivity contribution in [2.45, 2.75) is 51.0 Å². The first-order valence-corrected chi connectivity index (χ1v) is 11.0. The van der Waals surface area contributed by atoms with Gasteiger partial charge >= 0.3 is 0 Å². The number of anilines is 1. The standard InChI is InChI=1S/C22H26N6O2/c1-2-30-17-5-3-16(4-6-17)28-21(29)18-19(24-25-20(18)26-27-28)23-22-10-13-7-14(11-22)9-15(8-13)12-22/h3-6,13-15H,2,7-12H2,1H3,(H2,23,24,25). The quantitative estimate of drug-likeness (QED) is 0.675. The first-order chi connectivity index (χ1) is 14.6. The molecular weight excluding hydrogens is 380 g/mol. The largest absolute Gasteiger partial charge is 0.494 e. The van der Waals surface area contributed by atoms with E-state index in [1.807, 2.05) is 31.2 Å². The molecule has 1 aromatic carbocycles. The average Bonchev–Trinajstić information content (AvgIpc) is 3.11. The SMILES string of the molecule is CCOc1ccc(-n2nnc3[nH]nc(NC45CC6CC(CC(C6)C4)C5)c3c2=O)cc1. The van der Waals surface area contributed by atoms with Crippen molar-refractivity contribution in [3.8, 4) is 11.4 Å². The molecule has 3 aromatic rings. The maximum Gasteiger partial charge on any atom is 0.287 e. The zero-order chi connectivity index (χ0) is 20.3. The summed E-state index contributed by atoms with van der Waals surface area (Å²) in [4.78, 5) is 13.3. The third-order valence-corrected chi connectivity index (χ3v) is 7.20. The maximum absolute atomic E-state index is 13.3. The Bertz CT molecular complexity index is 1110. The minimum Gasteiger partial charge on any atom is -0.494 e. The van der Waals surface area contributed by atoms with Gasteiger partial charge in [-0.3, -0.25) is 9.89 Å². The lowest BCUT2D eigenvalue weighted by atomic mass is 9.53. The van der Waals surface area contributed by atoms with Crippen LogP contribution in [0.4, 0.5) is 5.82 Å². The van der Waals surface area contributed by atoms with Gasteiger partial charge in [-0.1, -0.05) is 5.21 Å². The minimum atomic E-state index is -0.217. The molecule has 2 aromatic heterocycles. The Labute approximate surface area is 174 Å². The number of nitrogens with one attached hydrogen (secondary N) is 2. The van der Waals surface area contributed by atoms with E-state index in [0.717, 1.165) is 23.5 Å². The highest BCUT2D eigenvalue weighted by molar-refractivity contribution is 5.86. The number of H-pyrrole nitrogens is 1. The average molecular weight is 406 g/mol. The lowest BCUT2D eigenvalue weighted by Crippen LogP contribution is -2.54. The van der Waals surface area contributed by atoms with Gasteiger partial charge < -0.3 is 10.1 Å². The molecule has 0 radical (unpaired) electrons. The molecule has 8 heteroatoms. The molecule has 0 saturated heterocycles. The second-order valence-electron chi connectivity index (χ2n) is 9.35. The molecule has 4 aliphatic rings. The number of ether oxygens (including phenoxy) is 1. The van der Waals surface area contributed by atoms with E-state index >= 15 is 0 Å². The van der Waals surface area contributed by atoms with E-state index in [9.17, 15) is 4.79 Å². The van der Waals surface area contributed by atoms with Crippen LogP contribution in [-0.4, -0.2) is 37.3 Å². The number of aromatic nitrogens is 5. The summed E-state index contributed by atoms with van der Waals surface area (Å²) < 4.78 is 6.82. The van der Waals surface area contributed by atoms with Crippen LogP contribution in [0.5, 0.6) is 5.75 Å². The fourth-order valence-corrected chi connectivity index (χ4v) is 6.47. The lowest BCUT2D eigenvalue weighted by Gasteiger charge is -2.57. The molecule has 7 rings (SSSR count). The Morgan fingerprint density at radius 1 is 1.13 bits per heavy atom. The van der Waals surface area contributed by atoms with Crippen LogP contribution in [0.2, 0.25) is 0 Å². The van der Waals surface area contributed by atoms with Gasteiger partial charge in [0.15, 0.2) is 11.5 Å². The van der Waals surface area contributed by atoms with Crippen molar-refractivity contribution < 1.29 is 4.74 Å². The number of nitrogens with zero attached hydrogens (tertiary/aromatic N) is 4.